The van der Waals surface area contributed by atoms with Crippen molar-refractivity contribution in [2.75, 3.05) is 0 Å². The van der Waals surface area contributed by atoms with Crippen LogP contribution in [0, 0.1) is 0 Å². The van der Waals surface area contributed by atoms with Gasteiger partial charge >= 0.3 is 0 Å². The average molecular weight is 307 g/mol. The normalized spacial score (nSPS) is 10.6. The monoisotopic (exact) mass is 305 g/mol. The predicted octanol–water partition coefficient (Wildman–Crippen LogP) is 4.50. The van der Waals surface area contributed by atoms with Gasteiger partial charge in [-0.2, -0.15) is 0 Å². The van der Waals surface area contributed by atoms with E-state index in [1.165, 1.54) is 6.39 Å². The molecule has 5 heteroatoms. The molecule has 0 aliphatic rings. The Balaban J connectivity index is 2.54. The van der Waals surface area contributed by atoms with Crippen molar-refractivity contribution in [1.82, 2.24) is 4.98 Å². The van der Waals surface area contributed by atoms with Crippen LogP contribution >= 0.6 is 39.1 Å². The van der Waals surface area contributed by atoms with Crippen molar-refractivity contribution in [2.24, 2.45) is 0 Å². The summed E-state index contributed by atoms with van der Waals surface area (Å²) in [7, 11) is 0. The second-order valence-corrected chi connectivity index (χ2v) is 4.44. The standard InChI is InChI=1S/C10H6BrCl2NO/c11-8-3-6(13)1-2-7(8)10-9(4-12)14-5-15-10/h1-3,5H,4H2. The summed E-state index contributed by atoms with van der Waals surface area (Å²) in [6, 6.07) is 5.46. The average Bonchev–Trinajstić information content (AvgIpc) is 2.65. The first-order valence-electron chi connectivity index (χ1n) is 4.16. The minimum atomic E-state index is 0.320. The van der Waals surface area contributed by atoms with Crippen LogP contribution in [0.5, 0.6) is 0 Å². The van der Waals surface area contributed by atoms with Crippen LogP contribution in [0.3, 0.4) is 0 Å². The summed E-state index contributed by atoms with van der Waals surface area (Å²) in [6.07, 6.45) is 1.38. The Bertz CT molecular complexity index is 484. The maximum atomic E-state index is 5.85. The Morgan fingerprint density at radius 1 is 1.40 bits per heavy atom. The van der Waals surface area contributed by atoms with Crippen molar-refractivity contribution >= 4 is 39.1 Å². The number of hydrogen-bond acceptors (Lipinski definition) is 2. The molecule has 1 aromatic carbocycles. The summed E-state index contributed by atoms with van der Waals surface area (Å²) >= 11 is 15.0. The Labute approximate surface area is 105 Å². The van der Waals surface area contributed by atoms with Gasteiger partial charge in [-0.15, -0.1) is 11.6 Å². The molecule has 0 aliphatic carbocycles. The number of alkyl halides is 1. The molecule has 15 heavy (non-hydrogen) atoms. The fraction of sp³-hybridized carbons (Fsp3) is 0.100. The first kappa shape index (κ1) is 11.0. The molecule has 78 valence electrons. The molecule has 0 atom stereocenters. The maximum Gasteiger partial charge on any atom is 0.181 e. The van der Waals surface area contributed by atoms with E-state index in [1.54, 1.807) is 12.1 Å². The SMILES string of the molecule is ClCc1ncoc1-c1ccc(Cl)cc1Br. The van der Waals surface area contributed by atoms with Crippen LogP contribution in [-0.2, 0) is 5.88 Å². The van der Waals surface area contributed by atoms with Crippen LogP contribution in [0.25, 0.3) is 11.3 Å². The van der Waals surface area contributed by atoms with Gasteiger partial charge in [0, 0.05) is 15.1 Å². The summed E-state index contributed by atoms with van der Waals surface area (Å²) in [6.45, 7) is 0. The molecular weight excluding hydrogens is 301 g/mol. The lowest BCUT2D eigenvalue weighted by atomic mass is 10.1. The molecule has 1 aromatic heterocycles. The highest BCUT2D eigenvalue weighted by Gasteiger charge is 2.12. The van der Waals surface area contributed by atoms with E-state index in [9.17, 15) is 0 Å². The molecule has 0 spiro atoms. The molecule has 0 amide bonds. The van der Waals surface area contributed by atoms with E-state index in [0.29, 0.717) is 16.7 Å². The van der Waals surface area contributed by atoms with Crippen LogP contribution in [0.15, 0.2) is 33.5 Å². The third-order valence-electron chi connectivity index (χ3n) is 1.94. The summed E-state index contributed by atoms with van der Waals surface area (Å²) in [4.78, 5) is 4.02. The van der Waals surface area contributed by atoms with Gasteiger partial charge in [0.25, 0.3) is 0 Å². The second kappa shape index (κ2) is 4.56. The molecule has 0 fully saturated rings. The molecular formula is C10H6BrCl2NO. The van der Waals surface area contributed by atoms with E-state index in [1.807, 2.05) is 6.07 Å². The summed E-state index contributed by atoms with van der Waals surface area (Å²) in [5.74, 6) is 0.995. The molecule has 2 aromatic rings. The molecule has 0 saturated carbocycles. The topological polar surface area (TPSA) is 26.0 Å². The lowest BCUT2D eigenvalue weighted by Gasteiger charge is -2.02. The van der Waals surface area contributed by atoms with E-state index in [-0.39, 0.29) is 0 Å². The molecule has 0 aliphatic heterocycles. The number of oxazole rings is 1. The first-order valence-corrected chi connectivity index (χ1v) is 5.86. The van der Waals surface area contributed by atoms with Crippen LogP contribution in [-0.4, -0.2) is 4.98 Å². The highest BCUT2D eigenvalue weighted by Crippen LogP contribution is 2.32. The Hall–Kier alpha value is -0.510. The van der Waals surface area contributed by atoms with Gasteiger partial charge in [-0.3, -0.25) is 0 Å². The fourth-order valence-corrected chi connectivity index (χ4v) is 2.31. The number of benzene rings is 1. The van der Waals surface area contributed by atoms with Crippen molar-refractivity contribution in [2.45, 2.75) is 5.88 Å². The zero-order chi connectivity index (χ0) is 10.8. The first-order chi connectivity index (χ1) is 7.22. The minimum absolute atomic E-state index is 0.320. The van der Waals surface area contributed by atoms with E-state index in [2.05, 4.69) is 20.9 Å². The second-order valence-electron chi connectivity index (χ2n) is 2.89. The van der Waals surface area contributed by atoms with Gasteiger partial charge in [-0.25, -0.2) is 4.98 Å². The molecule has 0 saturated heterocycles. The molecule has 1 heterocycles. The Morgan fingerprint density at radius 3 is 2.87 bits per heavy atom. The van der Waals surface area contributed by atoms with Crippen LogP contribution in [0.1, 0.15) is 5.69 Å². The third-order valence-corrected chi connectivity index (χ3v) is 3.09. The largest absolute Gasteiger partial charge is 0.443 e. The van der Waals surface area contributed by atoms with Crippen molar-refractivity contribution < 1.29 is 4.42 Å². The number of rotatable bonds is 2. The highest BCUT2D eigenvalue weighted by atomic mass is 79.9. The van der Waals surface area contributed by atoms with Crippen molar-refractivity contribution in [1.29, 1.82) is 0 Å². The zero-order valence-corrected chi connectivity index (χ0v) is 10.6. The maximum absolute atomic E-state index is 5.85. The van der Waals surface area contributed by atoms with Gasteiger partial charge in [0.05, 0.1) is 5.88 Å². The van der Waals surface area contributed by atoms with Crippen molar-refractivity contribution in [3.63, 3.8) is 0 Å². The van der Waals surface area contributed by atoms with Crippen molar-refractivity contribution in [3.05, 3.63) is 39.8 Å². The molecule has 0 bridgehead atoms. The molecule has 2 nitrogen and oxygen atoms in total. The van der Waals surface area contributed by atoms with Gasteiger partial charge in [-0.05, 0) is 34.1 Å². The van der Waals surface area contributed by atoms with E-state index in [4.69, 9.17) is 27.6 Å². The van der Waals surface area contributed by atoms with Gasteiger partial charge < -0.3 is 4.42 Å². The van der Waals surface area contributed by atoms with Crippen LogP contribution < -0.4 is 0 Å². The fourth-order valence-electron chi connectivity index (χ4n) is 1.26. The number of halogens is 3. The van der Waals surface area contributed by atoms with Gasteiger partial charge in [-0.1, -0.05) is 11.6 Å². The summed E-state index contributed by atoms with van der Waals surface area (Å²) < 4.78 is 6.15. The van der Waals surface area contributed by atoms with E-state index >= 15 is 0 Å². The molecule has 2 rings (SSSR count). The number of aromatic nitrogens is 1. The minimum Gasteiger partial charge on any atom is -0.443 e. The molecule has 0 N–H and O–H groups in total. The van der Waals surface area contributed by atoms with Gasteiger partial charge in [0.1, 0.15) is 5.69 Å². The van der Waals surface area contributed by atoms with E-state index in [0.717, 1.165) is 15.7 Å². The number of nitrogens with zero attached hydrogens (tertiary/aromatic N) is 1. The molecule has 0 radical (unpaired) electrons. The lowest BCUT2D eigenvalue weighted by Crippen LogP contribution is -1.84. The van der Waals surface area contributed by atoms with Gasteiger partial charge in [0.15, 0.2) is 12.2 Å². The molecule has 0 unspecified atom stereocenters. The van der Waals surface area contributed by atoms with Gasteiger partial charge in [0.2, 0.25) is 0 Å². The predicted molar refractivity (Wildman–Crippen MR) is 64.2 cm³/mol. The van der Waals surface area contributed by atoms with Crippen molar-refractivity contribution in [3.8, 4) is 11.3 Å². The summed E-state index contributed by atoms with van der Waals surface area (Å²) in [5, 5.41) is 0.664. The summed E-state index contributed by atoms with van der Waals surface area (Å²) in [5.41, 5.74) is 1.62. The zero-order valence-electron chi connectivity index (χ0n) is 7.51. The van der Waals surface area contributed by atoms with Crippen LogP contribution in [0.4, 0.5) is 0 Å². The number of hydrogen-bond donors (Lipinski definition) is 0. The third kappa shape index (κ3) is 2.19. The van der Waals surface area contributed by atoms with E-state index < -0.39 is 0 Å². The Morgan fingerprint density at radius 2 is 2.20 bits per heavy atom. The quantitative estimate of drug-likeness (QED) is 0.764. The Kier molecular flexibility index (Phi) is 3.34. The highest BCUT2D eigenvalue weighted by molar-refractivity contribution is 9.10. The lowest BCUT2D eigenvalue weighted by molar-refractivity contribution is 0.571. The van der Waals surface area contributed by atoms with Crippen LogP contribution in [0.2, 0.25) is 5.02 Å². The smallest absolute Gasteiger partial charge is 0.181 e.